The highest BCUT2D eigenvalue weighted by molar-refractivity contribution is 7.87. The molecule has 0 saturated carbocycles. The van der Waals surface area contributed by atoms with Gasteiger partial charge in [-0.1, -0.05) is 39.5 Å². The Kier molecular flexibility index (Phi) is 8.68. The molecule has 1 heterocycles. The Hall–Kier alpha value is -0.170. The van der Waals surface area contributed by atoms with E-state index in [2.05, 4.69) is 17.0 Å². The van der Waals surface area contributed by atoms with Crippen LogP contribution in [0.1, 0.15) is 58.8 Å². The van der Waals surface area contributed by atoms with Crippen LogP contribution in [0.2, 0.25) is 0 Å². The molecule has 0 aromatic rings. The Morgan fingerprint density at radius 1 is 1.15 bits per heavy atom. The first-order valence-corrected chi connectivity index (χ1v) is 9.53. The van der Waals surface area contributed by atoms with Crippen molar-refractivity contribution >= 4 is 10.2 Å². The number of hydrogen-bond acceptors (Lipinski definition) is 3. The molecule has 0 amide bonds. The molecule has 20 heavy (non-hydrogen) atoms. The molecular weight excluding hydrogens is 274 g/mol. The monoisotopic (exact) mass is 305 g/mol. The average molecular weight is 305 g/mol. The van der Waals surface area contributed by atoms with Crippen LogP contribution >= 0.6 is 0 Å². The highest BCUT2D eigenvalue weighted by Crippen LogP contribution is 2.19. The molecule has 0 bridgehead atoms. The number of unbranched alkanes of at least 4 members (excludes halogenated alkanes) is 3. The number of rotatable bonds is 10. The van der Waals surface area contributed by atoms with Gasteiger partial charge < -0.3 is 5.32 Å². The van der Waals surface area contributed by atoms with Gasteiger partial charge in [-0.3, -0.25) is 0 Å². The maximum atomic E-state index is 12.4. The lowest BCUT2D eigenvalue weighted by Crippen LogP contribution is -2.52. The summed E-state index contributed by atoms with van der Waals surface area (Å²) in [6, 6.07) is 0.108. The van der Waals surface area contributed by atoms with Crippen LogP contribution in [0.4, 0.5) is 0 Å². The van der Waals surface area contributed by atoms with Gasteiger partial charge in [-0.2, -0.15) is 12.7 Å². The Bertz CT molecular complexity index is 346. The fourth-order valence-corrected chi connectivity index (χ4v) is 4.15. The first-order valence-electron chi connectivity index (χ1n) is 8.09. The van der Waals surface area contributed by atoms with Crippen LogP contribution in [0, 0.1) is 0 Å². The van der Waals surface area contributed by atoms with Gasteiger partial charge in [0.1, 0.15) is 0 Å². The molecule has 2 N–H and O–H groups in total. The van der Waals surface area contributed by atoms with Crippen LogP contribution in [0.5, 0.6) is 0 Å². The summed E-state index contributed by atoms with van der Waals surface area (Å²) < 4.78 is 29.2. The van der Waals surface area contributed by atoms with Crippen molar-refractivity contribution < 1.29 is 8.42 Å². The highest BCUT2D eigenvalue weighted by atomic mass is 32.2. The van der Waals surface area contributed by atoms with Crippen molar-refractivity contribution in [3.63, 3.8) is 0 Å². The minimum Gasteiger partial charge on any atom is -0.315 e. The van der Waals surface area contributed by atoms with Crippen molar-refractivity contribution in [1.82, 2.24) is 14.3 Å². The topological polar surface area (TPSA) is 61.4 Å². The summed E-state index contributed by atoms with van der Waals surface area (Å²) in [7, 11) is -3.31. The fraction of sp³-hybridized carbons (Fsp3) is 1.00. The minimum absolute atomic E-state index is 0.108. The molecule has 1 rings (SSSR count). The molecule has 1 atom stereocenters. The van der Waals surface area contributed by atoms with Crippen LogP contribution in [0.15, 0.2) is 0 Å². The van der Waals surface area contributed by atoms with Gasteiger partial charge in [0.15, 0.2) is 0 Å². The van der Waals surface area contributed by atoms with E-state index in [0.29, 0.717) is 13.1 Å². The van der Waals surface area contributed by atoms with E-state index in [1.807, 2.05) is 6.92 Å². The Labute approximate surface area is 124 Å². The zero-order valence-electron chi connectivity index (χ0n) is 13.0. The normalized spacial score (nSPS) is 21.2. The highest BCUT2D eigenvalue weighted by Gasteiger charge is 2.31. The molecular formula is C14H31N3O2S. The summed E-state index contributed by atoms with van der Waals surface area (Å²) in [6.07, 6.45) is 7.43. The van der Waals surface area contributed by atoms with Crippen LogP contribution in [-0.4, -0.2) is 44.9 Å². The summed E-state index contributed by atoms with van der Waals surface area (Å²) >= 11 is 0. The zero-order chi connectivity index (χ0) is 14.8. The predicted molar refractivity (Wildman–Crippen MR) is 84.0 cm³/mol. The molecule has 1 saturated heterocycles. The van der Waals surface area contributed by atoms with Crippen molar-refractivity contribution in [3.05, 3.63) is 0 Å². The van der Waals surface area contributed by atoms with Crippen LogP contribution < -0.4 is 10.0 Å². The molecule has 0 aromatic carbocycles. The van der Waals surface area contributed by atoms with Crippen molar-refractivity contribution in [3.8, 4) is 0 Å². The van der Waals surface area contributed by atoms with E-state index in [1.54, 1.807) is 4.31 Å². The largest absolute Gasteiger partial charge is 0.315 e. The first-order chi connectivity index (χ1) is 9.61. The molecule has 0 aliphatic carbocycles. The van der Waals surface area contributed by atoms with E-state index in [0.717, 1.165) is 45.2 Å². The molecule has 1 fully saturated rings. The van der Waals surface area contributed by atoms with E-state index >= 15 is 0 Å². The maximum absolute atomic E-state index is 12.4. The van der Waals surface area contributed by atoms with Gasteiger partial charge in [-0.05, 0) is 25.8 Å². The molecule has 6 heteroatoms. The second kappa shape index (κ2) is 9.71. The number of nitrogens with zero attached hydrogens (tertiary/aromatic N) is 1. The summed E-state index contributed by atoms with van der Waals surface area (Å²) in [5, 5.41) is 3.27. The van der Waals surface area contributed by atoms with E-state index in [-0.39, 0.29) is 6.04 Å². The molecule has 0 radical (unpaired) electrons. The van der Waals surface area contributed by atoms with Gasteiger partial charge in [0.05, 0.1) is 0 Å². The van der Waals surface area contributed by atoms with E-state index in [4.69, 9.17) is 0 Å². The summed E-state index contributed by atoms with van der Waals surface area (Å²) in [6.45, 7) is 7.06. The molecule has 5 nitrogen and oxygen atoms in total. The number of piperidine rings is 1. The van der Waals surface area contributed by atoms with Crippen molar-refractivity contribution in [1.29, 1.82) is 0 Å². The zero-order valence-corrected chi connectivity index (χ0v) is 13.8. The number of likely N-dealkylation sites (N-methyl/N-ethyl adjacent to an activating group) is 1. The predicted octanol–water partition coefficient (Wildman–Crippen LogP) is 1.87. The van der Waals surface area contributed by atoms with Crippen LogP contribution in [0.3, 0.4) is 0 Å². The number of hydrogen-bond donors (Lipinski definition) is 2. The molecule has 0 spiro atoms. The van der Waals surface area contributed by atoms with Gasteiger partial charge in [0, 0.05) is 25.7 Å². The Morgan fingerprint density at radius 3 is 2.65 bits per heavy atom. The van der Waals surface area contributed by atoms with Gasteiger partial charge in [-0.15, -0.1) is 0 Å². The van der Waals surface area contributed by atoms with Crippen LogP contribution in [0.25, 0.3) is 0 Å². The molecule has 1 aliphatic heterocycles. The smallest absolute Gasteiger partial charge is 0.279 e. The fourth-order valence-electron chi connectivity index (χ4n) is 2.64. The molecule has 120 valence electrons. The summed E-state index contributed by atoms with van der Waals surface area (Å²) in [5.41, 5.74) is 0. The van der Waals surface area contributed by atoms with Crippen molar-refractivity contribution in [2.45, 2.75) is 64.8 Å². The quantitative estimate of drug-likeness (QED) is 0.606. The second-order valence-electron chi connectivity index (χ2n) is 5.53. The maximum Gasteiger partial charge on any atom is 0.279 e. The van der Waals surface area contributed by atoms with Crippen molar-refractivity contribution in [2.24, 2.45) is 0 Å². The van der Waals surface area contributed by atoms with Crippen LogP contribution in [-0.2, 0) is 10.2 Å². The molecule has 1 unspecified atom stereocenters. The van der Waals surface area contributed by atoms with E-state index in [1.165, 1.54) is 12.8 Å². The second-order valence-corrected chi connectivity index (χ2v) is 7.24. The lowest BCUT2D eigenvalue weighted by molar-refractivity contribution is 0.244. The molecule has 0 aromatic heterocycles. The Morgan fingerprint density at radius 2 is 1.95 bits per heavy atom. The lowest BCUT2D eigenvalue weighted by Gasteiger charge is -2.34. The SMILES string of the molecule is CCCCCCNS(=O)(=O)N1CCCCC1CNCC. The average Bonchev–Trinajstić information content (AvgIpc) is 2.45. The van der Waals surface area contributed by atoms with Crippen molar-refractivity contribution in [2.75, 3.05) is 26.2 Å². The third-order valence-electron chi connectivity index (χ3n) is 3.83. The first kappa shape index (κ1) is 17.9. The number of nitrogens with one attached hydrogen (secondary N) is 2. The summed E-state index contributed by atoms with van der Waals surface area (Å²) in [5.74, 6) is 0. The van der Waals surface area contributed by atoms with Gasteiger partial charge in [0.25, 0.3) is 10.2 Å². The third kappa shape index (κ3) is 6.08. The van der Waals surface area contributed by atoms with Gasteiger partial charge in [-0.25, -0.2) is 4.72 Å². The standard InChI is InChI=1S/C14H31N3O2S/c1-3-5-6-8-11-16-20(18,19)17-12-9-7-10-14(17)13-15-4-2/h14-16H,3-13H2,1-2H3. The Balaban J connectivity index is 2.45. The lowest BCUT2D eigenvalue weighted by atomic mass is 10.1. The minimum atomic E-state index is -3.31. The van der Waals surface area contributed by atoms with E-state index < -0.39 is 10.2 Å². The molecule has 1 aliphatic rings. The summed E-state index contributed by atoms with van der Waals surface area (Å²) in [4.78, 5) is 0. The van der Waals surface area contributed by atoms with E-state index in [9.17, 15) is 8.42 Å². The van der Waals surface area contributed by atoms with Gasteiger partial charge in [0.2, 0.25) is 0 Å². The van der Waals surface area contributed by atoms with Gasteiger partial charge >= 0.3 is 0 Å². The third-order valence-corrected chi connectivity index (χ3v) is 5.49.